The molecule has 1 heterocycles. The van der Waals surface area contributed by atoms with Crippen molar-refractivity contribution in [3.63, 3.8) is 0 Å². The number of nitrogens with zero attached hydrogens (tertiary/aromatic N) is 2. The van der Waals surface area contributed by atoms with Gasteiger partial charge in [0.1, 0.15) is 0 Å². The molecule has 2 unspecified atom stereocenters. The quantitative estimate of drug-likeness (QED) is 0.752. The first-order valence-electron chi connectivity index (χ1n) is 7.85. The summed E-state index contributed by atoms with van der Waals surface area (Å²) in [6.07, 6.45) is 3.37. The summed E-state index contributed by atoms with van der Waals surface area (Å²) in [6, 6.07) is 5.42. The number of fused-ring (bicyclic) bond motifs is 5. The molecule has 120 valence electrons. The van der Waals surface area contributed by atoms with Crippen LogP contribution in [0.2, 0.25) is 10.0 Å². The largest absolute Gasteiger partial charge is 0.461 e. The second-order valence-electron chi connectivity index (χ2n) is 6.09. The molecule has 1 aromatic carbocycles. The molecule has 23 heavy (non-hydrogen) atoms. The minimum Gasteiger partial charge on any atom is -0.461 e. The third-order valence-electron chi connectivity index (χ3n) is 4.80. The maximum absolute atomic E-state index is 12.3. The fraction of sp³-hybridized carbons (Fsp3) is 0.412. The molecule has 2 bridgehead atoms. The van der Waals surface area contributed by atoms with E-state index in [4.69, 9.17) is 27.9 Å². The van der Waals surface area contributed by atoms with Crippen molar-refractivity contribution in [2.24, 2.45) is 0 Å². The number of aromatic nitrogens is 2. The fourth-order valence-corrected chi connectivity index (χ4v) is 4.19. The van der Waals surface area contributed by atoms with Gasteiger partial charge < -0.3 is 4.74 Å². The highest BCUT2D eigenvalue weighted by atomic mass is 35.5. The minimum absolute atomic E-state index is 0.338. The maximum atomic E-state index is 12.3. The topological polar surface area (TPSA) is 44.1 Å². The molecule has 0 spiro atoms. The summed E-state index contributed by atoms with van der Waals surface area (Å²) in [5, 5.41) is 5.56. The first-order valence-corrected chi connectivity index (χ1v) is 8.61. The number of benzene rings is 1. The van der Waals surface area contributed by atoms with Crippen LogP contribution in [0, 0.1) is 0 Å². The molecule has 0 amide bonds. The Morgan fingerprint density at radius 3 is 2.83 bits per heavy atom. The highest BCUT2D eigenvalue weighted by Gasteiger charge is 2.44. The van der Waals surface area contributed by atoms with Crippen molar-refractivity contribution >= 4 is 29.2 Å². The molecule has 2 aromatic rings. The summed E-state index contributed by atoms with van der Waals surface area (Å²) in [4.78, 5) is 12.3. The van der Waals surface area contributed by atoms with Crippen LogP contribution in [0.1, 0.15) is 59.8 Å². The van der Waals surface area contributed by atoms with Gasteiger partial charge in [-0.25, -0.2) is 9.48 Å². The number of hydrogen-bond acceptors (Lipinski definition) is 3. The maximum Gasteiger partial charge on any atom is 0.359 e. The summed E-state index contributed by atoms with van der Waals surface area (Å²) in [7, 11) is 0. The molecule has 2 aliphatic carbocycles. The number of hydrogen-bond donors (Lipinski definition) is 0. The molecule has 6 heteroatoms. The zero-order valence-electron chi connectivity index (χ0n) is 12.7. The van der Waals surface area contributed by atoms with Crippen molar-refractivity contribution in [1.29, 1.82) is 0 Å². The summed E-state index contributed by atoms with van der Waals surface area (Å²) in [6.45, 7) is 2.15. The third kappa shape index (κ3) is 2.27. The number of ether oxygens (including phenoxy) is 1. The zero-order chi connectivity index (χ0) is 16.1. The second-order valence-corrected chi connectivity index (χ2v) is 6.90. The summed E-state index contributed by atoms with van der Waals surface area (Å²) >= 11 is 12.2. The van der Waals surface area contributed by atoms with Crippen molar-refractivity contribution in [1.82, 2.24) is 9.78 Å². The van der Waals surface area contributed by atoms with Crippen molar-refractivity contribution < 1.29 is 9.53 Å². The van der Waals surface area contributed by atoms with Crippen molar-refractivity contribution in [2.75, 3.05) is 6.61 Å². The first-order chi connectivity index (χ1) is 11.1. The monoisotopic (exact) mass is 350 g/mol. The van der Waals surface area contributed by atoms with Crippen LogP contribution in [-0.2, 0) is 4.74 Å². The van der Waals surface area contributed by atoms with Gasteiger partial charge in [-0.1, -0.05) is 23.2 Å². The summed E-state index contributed by atoms with van der Waals surface area (Å²) in [5.74, 6) is 0.543. The number of carbonyl (C=O) groups is 1. The van der Waals surface area contributed by atoms with Gasteiger partial charge in [0.05, 0.1) is 28.0 Å². The lowest BCUT2D eigenvalue weighted by molar-refractivity contribution is 0.0517. The number of esters is 1. The lowest BCUT2D eigenvalue weighted by Crippen LogP contribution is -2.09. The van der Waals surface area contributed by atoms with Gasteiger partial charge in [0.15, 0.2) is 5.69 Å². The van der Waals surface area contributed by atoms with E-state index >= 15 is 0 Å². The molecule has 0 saturated heterocycles. The molecule has 4 rings (SSSR count). The Labute approximate surface area is 144 Å². The van der Waals surface area contributed by atoms with Crippen LogP contribution in [0.5, 0.6) is 0 Å². The van der Waals surface area contributed by atoms with Gasteiger partial charge in [-0.2, -0.15) is 5.10 Å². The zero-order valence-corrected chi connectivity index (χ0v) is 14.2. The molecule has 0 N–H and O–H groups in total. The molecule has 2 aliphatic rings. The van der Waals surface area contributed by atoms with E-state index in [1.165, 1.54) is 0 Å². The fourth-order valence-electron chi connectivity index (χ4n) is 3.89. The SMILES string of the molecule is CCOC(=O)c1nn(-c2ccc(Cl)c(Cl)c2)c2c1C1CCC2C1. The molecule has 1 saturated carbocycles. The van der Waals surface area contributed by atoms with E-state index in [1.54, 1.807) is 19.1 Å². The Bertz CT molecular complexity index is 800. The van der Waals surface area contributed by atoms with Gasteiger partial charge in [-0.15, -0.1) is 0 Å². The van der Waals surface area contributed by atoms with Gasteiger partial charge in [-0.05, 0) is 50.3 Å². The van der Waals surface area contributed by atoms with Crippen LogP contribution in [-0.4, -0.2) is 22.4 Å². The third-order valence-corrected chi connectivity index (χ3v) is 5.54. The van der Waals surface area contributed by atoms with E-state index in [9.17, 15) is 4.79 Å². The summed E-state index contributed by atoms with van der Waals surface area (Å²) < 4.78 is 7.05. The molecule has 1 fully saturated rings. The van der Waals surface area contributed by atoms with E-state index in [0.717, 1.165) is 36.2 Å². The van der Waals surface area contributed by atoms with Gasteiger partial charge in [0, 0.05) is 11.5 Å². The highest BCUT2D eigenvalue weighted by Crippen LogP contribution is 2.54. The van der Waals surface area contributed by atoms with E-state index in [1.807, 2.05) is 10.7 Å². The van der Waals surface area contributed by atoms with E-state index in [2.05, 4.69) is 5.10 Å². The van der Waals surface area contributed by atoms with Crippen LogP contribution < -0.4 is 0 Å². The molecular formula is C17H16Cl2N2O2. The Hall–Kier alpha value is -1.52. The smallest absolute Gasteiger partial charge is 0.359 e. The van der Waals surface area contributed by atoms with E-state index < -0.39 is 0 Å². The predicted octanol–water partition coefficient (Wildman–Crippen LogP) is 4.72. The van der Waals surface area contributed by atoms with Crippen LogP contribution in [0.15, 0.2) is 18.2 Å². The Kier molecular flexibility index (Phi) is 3.62. The standard InChI is InChI=1S/C17H16Cl2N2O2/c1-2-23-17(22)15-14-9-3-4-10(7-9)16(14)21(20-15)11-5-6-12(18)13(19)8-11/h5-6,8-10H,2-4,7H2,1H3. The lowest BCUT2D eigenvalue weighted by Gasteiger charge is -2.14. The number of halogens is 2. The highest BCUT2D eigenvalue weighted by molar-refractivity contribution is 6.42. The van der Waals surface area contributed by atoms with Crippen LogP contribution in [0.4, 0.5) is 0 Å². The molecule has 2 atom stereocenters. The average Bonchev–Trinajstić information content (AvgIpc) is 3.21. The van der Waals surface area contributed by atoms with Gasteiger partial charge in [-0.3, -0.25) is 0 Å². The van der Waals surface area contributed by atoms with Gasteiger partial charge >= 0.3 is 5.97 Å². The Morgan fingerprint density at radius 2 is 2.09 bits per heavy atom. The average molecular weight is 351 g/mol. The molecular weight excluding hydrogens is 335 g/mol. The lowest BCUT2D eigenvalue weighted by atomic mass is 9.95. The van der Waals surface area contributed by atoms with Gasteiger partial charge in [0.2, 0.25) is 0 Å². The predicted molar refractivity (Wildman–Crippen MR) is 88.9 cm³/mol. The van der Waals surface area contributed by atoms with Crippen LogP contribution in [0.25, 0.3) is 5.69 Å². The number of rotatable bonds is 3. The van der Waals surface area contributed by atoms with E-state index in [-0.39, 0.29) is 5.97 Å². The van der Waals surface area contributed by atoms with Crippen molar-refractivity contribution in [2.45, 2.75) is 38.0 Å². The Morgan fingerprint density at radius 1 is 1.30 bits per heavy atom. The van der Waals surface area contributed by atoms with Crippen LogP contribution >= 0.6 is 23.2 Å². The Balaban J connectivity index is 1.88. The first kappa shape index (κ1) is 15.0. The minimum atomic E-state index is -0.338. The molecule has 4 nitrogen and oxygen atoms in total. The number of carbonyl (C=O) groups excluding carboxylic acids is 1. The van der Waals surface area contributed by atoms with Crippen molar-refractivity contribution in [3.8, 4) is 5.69 Å². The molecule has 0 radical (unpaired) electrons. The molecule has 1 aromatic heterocycles. The molecule has 0 aliphatic heterocycles. The van der Waals surface area contributed by atoms with Crippen molar-refractivity contribution in [3.05, 3.63) is 45.2 Å². The summed E-state index contributed by atoms with van der Waals surface area (Å²) in [5.41, 5.74) is 3.51. The normalized spacial score (nSPS) is 21.5. The van der Waals surface area contributed by atoms with E-state index in [0.29, 0.717) is 34.2 Å². The van der Waals surface area contributed by atoms with Gasteiger partial charge in [0.25, 0.3) is 0 Å². The van der Waals surface area contributed by atoms with Crippen LogP contribution in [0.3, 0.4) is 0 Å². The second kappa shape index (κ2) is 5.53.